The van der Waals surface area contributed by atoms with Crippen molar-refractivity contribution in [1.29, 1.82) is 0 Å². The van der Waals surface area contributed by atoms with Gasteiger partial charge in [-0.2, -0.15) is 0 Å². The van der Waals surface area contributed by atoms with Crippen LogP contribution < -0.4 is 10.1 Å². The van der Waals surface area contributed by atoms with Gasteiger partial charge in [0.1, 0.15) is 18.4 Å². The lowest BCUT2D eigenvalue weighted by Gasteiger charge is -2.17. The quantitative estimate of drug-likeness (QED) is 0.690. The number of carbonyl (C=O) groups is 1. The SMILES string of the molecule is CCCNC(COc1ccccc1CO)C(=O)OC. The van der Waals surface area contributed by atoms with Crippen LogP contribution in [0.15, 0.2) is 24.3 Å². The number of hydrogen-bond donors (Lipinski definition) is 2. The summed E-state index contributed by atoms with van der Waals surface area (Å²) in [4.78, 5) is 11.6. The maximum Gasteiger partial charge on any atom is 0.326 e. The lowest BCUT2D eigenvalue weighted by atomic mass is 10.2. The summed E-state index contributed by atoms with van der Waals surface area (Å²) in [6.07, 6.45) is 0.917. The molecular formula is C14H21NO4. The van der Waals surface area contributed by atoms with Gasteiger partial charge in [-0.3, -0.25) is 4.79 Å². The Morgan fingerprint density at radius 3 is 2.79 bits per heavy atom. The number of esters is 1. The molecule has 19 heavy (non-hydrogen) atoms. The number of aliphatic hydroxyl groups excluding tert-OH is 1. The van der Waals surface area contributed by atoms with Crippen LogP contribution in [0.5, 0.6) is 5.75 Å². The molecule has 0 saturated carbocycles. The van der Waals surface area contributed by atoms with Gasteiger partial charge < -0.3 is 19.9 Å². The predicted octanol–water partition coefficient (Wildman–Crippen LogP) is 1.10. The molecule has 5 heteroatoms. The Kier molecular flexibility index (Phi) is 6.92. The van der Waals surface area contributed by atoms with Gasteiger partial charge in [0, 0.05) is 5.56 Å². The highest BCUT2D eigenvalue weighted by Gasteiger charge is 2.19. The highest BCUT2D eigenvalue weighted by molar-refractivity contribution is 5.75. The van der Waals surface area contributed by atoms with E-state index >= 15 is 0 Å². The van der Waals surface area contributed by atoms with Crippen molar-refractivity contribution >= 4 is 5.97 Å². The number of nitrogens with one attached hydrogen (secondary N) is 1. The maximum atomic E-state index is 11.6. The van der Waals surface area contributed by atoms with Gasteiger partial charge in [0.25, 0.3) is 0 Å². The molecule has 0 aliphatic rings. The number of hydrogen-bond acceptors (Lipinski definition) is 5. The third kappa shape index (κ3) is 4.89. The fraction of sp³-hybridized carbons (Fsp3) is 0.500. The summed E-state index contributed by atoms with van der Waals surface area (Å²) < 4.78 is 10.3. The van der Waals surface area contributed by atoms with Gasteiger partial charge in [-0.1, -0.05) is 25.1 Å². The second-order valence-electron chi connectivity index (χ2n) is 4.11. The molecule has 0 heterocycles. The molecule has 1 aromatic carbocycles. The number of aliphatic hydroxyl groups is 1. The molecule has 106 valence electrons. The average molecular weight is 267 g/mol. The first-order valence-corrected chi connectivity index (χ1v) is 6.35. The van der Waals surface area contributed by atoms with Crippen LogP contribution in [-0.4, -0.2) is 37.4 Å². The summed E-state index contributed by atoms with van der Waals surface area (Å²) in [6.45, 7) is 2.80. The Bertz CT molecular complexity index is 395. The van der Waals surface area contributed by atoms with Crippen molar-refractivity contribution in [3.8, 4) is 5.75 Å². The molecule has 2 N–H and O–H groups in total. The van der Waals surface area contributed by atoms with Gasteiger partial charge in [-0.05, 0) is 19.0 Å². The monoisotopic (exact) mass is 267 g/mol. The molecule has 0 fully saturated rings. The van der Waals surface area contributed by atoms with E-state index in [1.165, 1.54) is 7.11 Å². The van der Waals surface area contributed by atoms with Crippen LogP contribution >= 0.6 is 0 Å². The third-order valence-corrected chi connectivity index (χ3v) is 2.67. The molecule has 0 amide bonds. The van der Waals surface area contributed by atoms with E-state index in [1.54, 1.807) is 12.1 Å². The summed E-state index contributed by atoms with van der Waals surface area (Å²) >= 11 is 0. The molecule has 0 spiro atoms. The van der Waals surface area contributed by atoms with Gasteiger partial charge in [-0.25, -0.2) is 0 Å². The summed E-state index contributed by atoms with van der Waals surface area (Å²) in [5.74, 6) is 0.229. The number of carbonyl (C=O) groups excluding carboxylic acids is 1. The van der Waals surface area contributed by atoms with Crippen LogP contribution in [0.3, 0.4) is 0 Å². The minimum Gasteiger partial charge on any atom is -0.491 e. The average Bonchev–Trinajstić information content (AvgIpc) is 2.47. The van der Waals surface area contributed by atoms with E-state index in [0.717, 1.165) is 6.42 Å². The molecule has 0 aliphatic carbocycles. The van der Waals surface area contributed by atoms with Crippen molar-refractivity contribution in [2.45, 2.75) is 26.0 Å². The van der Waals surface area contributed by atoms with Gasteiger partial charge in [-0.15, -0.1) is 0 Å². The van der Waals surface area contributed by atoms with Crippen molar-refractivity contribution in [3.05, 3.63) is 29.8 Å². The minimum atomic E-state index is -0.503. The third-order valence-electron chi connectivity index (χ3n) is 2.67. The molecule has 5 nitrogen and oxygen atoms in total. The smallest absolute Gasteiger partial charge is 0.326 e. The Labute approximate surface area is 113 Å². The molecule has 0 saturated heterocycles. The van der Waals surface area contributed by atoms with Crippen LogP contribution in [-0.2, 0) is 16.1 Å². The van der Waals surface area contributed by atoms with E-state index in [9.17, 15) is 9.90 Å². The summed E-state index contributed by atoms with van der Waals surface area (Å²) in [5, 5.41) is 12.3. The van der Waals surface area contributed by atoms with E-state index in [4.69, 9.17) is 9.47 Å². The highest BCUT2D eigenvalue weighted by atomic mass is 16.5. The number of benzene rings is 1. The van der Waals surface area contributed by atoms with E-state index in [1.807, 2.05) is 19.1 Å². The number of methoxy groups -OCH3 is 1. The van der Waals surface area contributed by atoms with E-state index in [0.29, 0.717) is 17.9 Å². The van der Waals surface area contributed by atoms with E-state index in [2.05, 4.69) is 5.32 Å². The normalized spacial score (nSPS) is 11.9. The van der Waals surface area contributed by atoms with Crippen molar-refractivity contribution in [2.24, 2.45) is 0 Å². The summed E-state index contributed by atoms with van der Waals surface area (Å²) in [5.41, 5.74) is 0.696. The van der Waals surface area contributed by atoms with E-state index in [-0.39, 0.29) is 19.2 Å². The Balaban J connectivity index is 2.62. The van der Waals surface area contributed by atoms with Crippen LogP contribution in [0.2, 0.25) is 0 Å². The lowest BCUT2D eigenvalue weighted by molar-refractivity contribution is -0.143. The van der Waals surface area contributed by atoms with Crippen molar-refractivity contribution in [2.75, 3.05) is 20.3 Å². The van der Waals surface area contributed by atoms with Gasteiger partial charge in [0.15, 0.2) is 0 Å². The standard InChI is InChI=1S/C14H21NO4/c1-3-8-15-12(14(17)18-2)10-19-13-7-5-4-6-11(13)9-16/h4-7,12,15-16H,3,8-10H2,1-2H3. The Morgan fingerprint density at radius 2 is 2.16 bits per heavy atom. The first-order valence-electron chi connectivity index (χ1n) is 6.35. The number of rotatable bonds is 8. The molecule has 0 aromatic heterocycles. The van der Waals surface area contributed by atoms with E-state index < -0.39 is 6.04 Å². The Morgan fingerprint density at radius 1 is 1.42 bits per heavy atom. The predicted molar refractivity (Wildman–Crippen MR) is 72.0 cm³/mol. The fourth-order valence-electron chi connectivity index (χ4n) is 1.62. The number of ether oxygens (including phenoxy) is 2. The topological polar surface area (TPSA) is 67.8 Å². The second kappa shape index (κ2) is 8.50. The lowest BCUT2D eigenvalue weighted by Crippen LogP contribution is -2.42. The molecular weight excluding hydrogens is 246 g/mol. The zero-order chi connectivity index (χ0) is 14.1. The van der Waals surface area contributed by atoms with Gasteiger partial charge in [0.05, 0.1) is 13.7 Å². The van der Waals surface area contributed by atoms with Crippen LogP contribution in [0.4, 0.5) is 0 Å². The first kappa shape index (κ1) is 15.5. The molecule has 1 atom stereocenters. The van der Waals surface area contributed by atoms with Crippen LogP contribution in [0.25, 0.3) is 0 Å². The van der Waals surface area contributed by atoms with Crippen molar-refractivity contribution in [3.63, 3.8) is 0 Å². The number of para-hydroxylation sites is 1. The largest absolute Gasteiger partial charge is 0.491 e. The van der Waals surface area contributed by atoms with Crippen LogP contribution in [0, 0.1) is 0 Å². The Hall–Kier alpha value is -1.59. The van der Waals surface area contributed by atoms with Crippen LogP contribution in [0.1, 0.15) is 18.9 Å². The summed E-state index contributed by atoms with van der Waals surface area (Å²) in [6, 6.07) is 6.69. The molecule has 0 aliphatic heterocycles. The molecule has 0 radical (unpaired) electrons. The molecule has 0 bridgehead atoms. The zero-order valence-corrected chi connectivity index (χ0v) is 11.4. The molecule has 1 rings (SSSR count). The van der Waals surface area contributed by atoms with Crippen molar-refractivity contribution in [1.82, 2.24) is 5.32 Å². The first-order chi connectivity index (χ1) is 9.22. The summed E-state index contributed by atoms with van der Waals surface area (Å²) in [7, 11) is 1.35. The molecule has 1 unspecified atom stereocenters. The second-order valence-corrected chi connectivity index (χ2v) is 4.11. The highest BCUT2D eigenvalue weighted by Crippen LogP contribution is 2.17. The zero-order valence-electron chi connectivity index (χ0n) is 11.4. The fourth-order valence-corrected chi connectivity index (χ4v) is 1.62. The van der Waals surface area contributed by atoms with Crippen molar-refractivity contribution < 1.29 is 19.4 Å². The minimum absolute atomic E-state index is 0.0958. The maximum absolute atomic E-state index is 11.6. The van der Waals surface area contributed by atoms with Gasteiger partial charge >= 0.3 is 5.97 Å². The molecule has 1 aromatic rings. The van der Waals surface area contributed by atoms with Gasteiger partial charge in [0.2, 0.25) is 0 Å².